The van der Waals surface area contributed by atoms with Crippen LogP contribution in [0.3, 0.4) is 0 Å². The molecule has 0 saturated heterocycles. The van der Waals surface area contributed by atoms with Crippen LogP contribution in [0.4, 0.5) is 0 Å². The molecule has 104 valence electrons. The zero-order chi connectivity index (χ0) is 13.0. The molecule has 0 unspecified atom stereocenters. The molecule has 0 N–H and O–H groups in total. The molecule has 0 saturated carbocycles. The third-order valence-corrected chi connectivity index (χ3v) is 3.62. The molecule has 0 aliphatic carbocycles. The van der Waals surface area contributed by atoms with Crippen molar-refractivity contribution in [2.24, 2.45) is 0 Å². The fraction of sp³-hybridized carbons (Fsp3) is 1.00. The van der Waals surface area contributed by atoms with Gasteiger partial charge in [0.05, 0.1) is 0 Å². The Bertz CT molecular complexity index is 146. The van der Waals surface area contributed by atoms with Crippen molar-refractivity contribution in [3.05, 3.63) is 0 Å². The summed E-state index contributed by atoms with van der Waals surface area (Å²) >= 11 is 4.55. The van der Waals surface area contributed by atoms with Gasteiger partial charge in [-0.3, -0.25) is 0 Å². The topological polar surface area (TPSA) is 0 Å². The first-order chi connectivity index (χ1) is 8.06. The van der Waals surface area contributed by atoms with Crippen LogP contribution >= 0.6 is 12.6 Å². The van der Waals surface area contributed by atoms with Crippen LogP contribution in [-0.2, 0) is 0 Å². The van der Waals surface area contributed by atoms with E-state index in [1.54, 1.807) is 0 Å². The van der Waals surface area contributed by atoms with Gasteiger partial charge in [0, 0.05) is 4.75 Å². The number of rotatable bonds is 12. The van der Waals surface area contributed by atoms with Crippen LogP contribution in [0.15, 0.2) is 0 Å². The molecule has 1 heteroatoms. The lowest BCUT2D eigenvalue weighted by molar-refractivity contribution is 0.525. The van der Waals surface area contributed by atoms with Crippen LogP contribution < -0.4 is 0 Å². The van der Waals surface area contributed by atoms with E-state index in [4.69, 9.17) is 0 Å². The Kier molecular flexibility index (Phi) is 11.7. The van der Waals surface area contributed by atoms with Crippen LogP contribution in [0.25, 0.3) is 0 Å². The van der Waals surface area contributed by atoms with Crippen molar-refractivity contribution in [3.63, 3.8) is 0 Å². The number of hydrogen-bond acceptors (Lipinski definition) is 1. The van der Waals surface area contributed by atoms with E-state index < -0.39 is 0 Å². The summed E-state index contributed by atoms with van der Waals surface area (Å²) in [7, 11) is 0. The third kappa shape index (κ3) is 16.4. The van der Waals surface area contributed by atoms with Gasteiger partial charge >= 0.3 is 0 Å². The maximum atomic E-state index is 4.55. The SMILES string of the molecule is CCCCCCCCCCCCCC(C)(C)S. The van der Waals surface area contributed by atoms with Gasteiger partial charge < -0.3 is 0 Å². The van der Waals surface area contributed by atoms with Gasteiger partial charge in [-0.15, -0.1) is 0 Å². The molecule has 0 amide bonds. The highest BCUT2D eigenvalue weighted by atomic mass is 32.1. The second-order valence-electron chi connectivity index (χ2n) is 6.10. The van der Waals surface area contributed by atoms with Crippen LogP contribution in [-0.4, -0.2) is 4.75 Å². The van der Waals surface area contributed by atoms with Crippen LogP contribution in [0, 0.1) is 0 Å². The minimum absolute atomic E-state index is 0.235. The average molecular weight is 259 g/mol. The molecule has 0 spiro atoms. The summed E-state index contributed by atoms with van der Waals surface area (Å²) in [6.45, 7) is 6.71. The number of thiol groups is 1. The fourth-order valence-corrected chi connectivity index (χ4v) is 2.38. The van der Waals surface area contributed by atoms with E-state index in [0.29, 0.717) is 0 Å². The van der Waals surface area contributed by atoms with Crippen molar-refractivity contribution in [1.29, 1.82) is 0 Å². The summed E-state index contributed by atoms with van der Waals surface area (Å²) in [5, 5.41) is 0. The molecule has 0 aliphatic heterocycles. The summed E-state index contributed by atoms with van der Waals surface area (Å²) in [4.78, 5) is 0. The van der Waals surface area contributed by atoms with Crippen molar-refractivity contribution in [1.82, 2.24) is 0 Å². The second-order valence-corrected chi connectivity index (χ2v) is 7.31. The average Bonchev–Trinajstić information content (AvgIpc) is 2.24. The monoisotopic (exact) mass is 258 g/mol. The predicted octanol–water partition coefficient (Wildman–Crippen LogP) is 6.40. The second kappa shape index (κ2) is 11.4. The maximum Gasteiger partial charge on any atom is 0.00731 e. The highest BCUT2D eigenvalue weighted by molar-refractivity contribution is 7.81. The van der Waals surface area contributed by atoms with Crippen molar-refractivity contribution >= 4 is 12.6 Å². The van der Waals surface area contributed by atoms with E-state index in [2.05, 4.69) is 33.4 Å². The van der Waals surface area contributed by atoms with Gasteiger partial charge in [-0.25, -0.2) is 0 Å². The fourth-order valence-electron chi connectivity index (χ4n) is 2.22. The maximum absolute atomic E-state index is 4.55. The van der Waals surface area contributed by atoms with Crippen molar-refractivity contribution in [3.8, 4) is 0 Å². The van der Waals surface area contributed by atoms with E-state index in [1.807, 2.05) is 0 Å². The van der Waals surface area contributed by atoms with Crippen LogP contribution in [0.5, 0.6) is 0 Å². The van der Waals surface area contributed by atoms with E-state index in [-0.39, 0.29) is 4.75 Å². The lowest BCUT2D eigenvalue weighted by Crippen LogP contribution is -2.09. The third-order valence-electron chi connectivity index (χ3n) is 3.39. The molecule has 0 radical (unpaired) electrons. The highest BCUT2D eigenvalue weighted by Crippen LogP contribution is 2.21. The summed E-state index contributed by atoms with van der Waals surface area (Å²) in [5.41, 5.74) is 0. The van der Waals surface area contributed by atoms with E-state index in [9.17, 15) is 0 Å². The summed E-state index contributed by atoms with van der Waals surface area (Å²) in [6.07, 6.45) is 17.0. The Morgan fingerprint density at radius 1 is 0.647 bits per heavy atom. The lowest BCUT2D eigenvalue weighted by Gasteiger charge is -2.16. The smallest absolute Gasteiger partial charge is 0.00731 e. The molecule has 0 nitrogen and oxygen atoms in total. The zero-order valence-corrected chi connectivity index (χ0v) is 13.3. The molecule has 17 heavy (non-hydrogen) atoms. The van der Waals surface area contributed by atoms with Gasteiger partial charge in [0.2, 0.25) is 0 Å². The van der Waals surface area contributed by atoms with Gasteiger partial charge in [-0.05, 0) is 6.42 Å². The van der Waals surface area contributed by atoms with Crippen LogP contribution in [0.2, 0.25) is 0 Å². The van der Waals surface area contributed by atoms with E-state index >= 15 is 0 Å². The molecule has 0 atom stereocenters. The Hall–Kier alpha value is 0.350. The molecule has 0 aliphatic rings. The Labute approximate surface area is 115 Å². The molecule has 0 aromatic heterocycles. The quantitative estimate of drug-likeness (QED) is 0.304. The molecular formula is C16H34S. The molecule has 0 heterocycles. The zero-order valence-electron chi connectivity index (χ0n) is 12.4. The molecule has 0 aromatic carbocycles. The van der Waals surface area contributed by atoms with Gasteiger partial charge in [0.15, 0.2) is 0 Å². The largest absolute Gasteiger partial charge is 0.173 e. The van der Waals surface area contributed by atoms with Gasteiger partial charge in [-0.1, -0.05) is 91.4 Å². The number of hydrogen-bond donors (Lipinski definition) is 1. The normalized spacial score (nSPS) is 12.0. The summed E-state index contributed by atoms with van der Waals surface area (Å²) in [6, 6.07) is 0. The first-order valence-corrected chi connectivity index (χ1v) is 8.23. The van der Waals surface area contributed by atoms with Crippen molar-refractivity contribution < 1.29 is 0 Å². The van der Waals surface area contributed by atoms with Gasteiger partial charge in [0.1, 0.15) is 0 Å². The first kappa shape index (κ1) is 17.4. The lowest BCUT2D eigenvalue weighted by atomic mass is 10.0. The predicted molar refractivity (Wildman–Crippen MR) is 84.1 cm³/mol. The Balaban J connectivity index is 2.99. The Morgan fingerprint density at radius 2 is 1.00 bits per heavy atom. The molecule has 0 aromatic rings. The molecule has 0 bridgehead atoms. The van der Waals surface area contributed by atoms with Gasteiger partial charge in [-0.2, -0.15) is 12.6 Å². The first-order valence-electron chi connectivity index (χ1n) is 7.78. The van der Waals surface area contributed by atoms with Crippen molar-refractivity contribution in [2.75, 3.05) is 0 Å². The summed E-state index contributed by atoms with van der Waals surface area (Å²) in [5.74, 6) is 0. The minimum Gasteiger partial charge on any atom is -0.173 e. The van der Waals surface area contributed by atoms with E-state index in [0.717, 1.165) is 0 Å². The molecular weight excluding hydrogens is 224 g/mol. The molecule has 0 rings (SSSR count). The minimum atomic E-state index is 0.235. The highest BCUT2D eigenvalue weighted by Gasteiger charge is 2.09. The standard InChI is InChI=1S/C16H34S/c1-4-5-6-7-8-9-10-11-12-13-14-15-16(2,3)17/h17H,4-15H2,1-3H3. The Morgan fingerprint density at radius 3 is 1.35 bits per heavy atom. The summed E-state index contributed by atoms with van der Waals surface area (Å²) < 4.78 is 0.235. The molecule has 0 fully saturated rings. The van der Waals surface area contributed by atoms with Crippen LogP contribution in [0.1, 0.15) is 97.8 Å². The van der Waals surface area contributed by atoms with Gasteiger partial charge in [0.25, 0.3) is 0 Å². The van der Waals surface area contributed by atoms with Crippen molar-refractivity contribution in [2.45, 2.75) is 103 Å². The van der Waals surface area contributed by atoms with E-state index in [1.165, 1.54) is 77.0 Å². The number of unbranched alkanes of at least 4 members (excludes halogenated alkanes) is 10.